The molecule has 16 heavy (non-hydrogen) atoms. The van der Waals surface area contributed by atoms with Crippen molar-refractivity contribution in [3.05, 3.63) is 0 Å². The first kappa shape index (κ1) is 11.9. The molecule has 3 nitrogen and oxygen atoms in total. The van der Waals surface area contributed by atoms with Crippen LogP contribution in [0.5, 0.6) is 0 Å². The minimum atomic E-state index is 0.243. The predicted octanol–water partition coefficient (Wildman–Crippen LogP) is 1.81. The summed E-state index contributed by atoms with van der Waals surface area (Å²) >= 11 is 0. The average molecular weight is 224 g/mol. The highest BCUT2D eigenvalue weighted by Gasteiger charge is 2.25. The minimum Gasteiger partial charge on any atom is -0.356 e. The molecule has 0 spiro atoms. The molecule has 2 rings (SSSR count). The fourth-order valence-corrected chi connectivity index (χ4v) is 2.93. The Labute approximate surface area is 98.2 Å². The summed E-state index contributed by atoms with van der Waals surface area (Å²) in [6, 6.07) is 0.389. The van der Waals surface area contributed by atoms with Crippen LogP contribution in [0.4, 0.5) is 0 Å². The highest BCUT2D eigenvalue weighted by atomic mass is 16.1. The van der Waals surface area contributed by atoms with Crippen LogP contribution in [0.15, 0.2) is 0 Å². The molecule has 2 fully saturated rings. The van der Waals surface area contributed by atoms with Crippen molar-refractivity contribution in [1.82, 2.24) is 5.32 Å². The van der Waals surface area contributed by atoms with Crippen molar-refractivity contribution in [3.63, 3.8) is 0 Å². The molecule has 3 N–H and O–H groups in total. The van der Waals surface area contributed by atoms with Gasteiger partial charge in [-0.1, -0.05) is 25.7 Å². The lowest BCUT2D eigenvalue weighted by Gasteiger charge is -2.32. The zero-order chi connectivity index (χ0) is 11.4. The molecule has 0 aromatic heterocycles. The Morgan fingerprint density at radius 1 is 1.19 bits per heavy atom. The molecule has 0 radical (unpaired) electrons. The third-order valence-corrected chi connectivity index (χ3v) is 4.11. The fraction of sp³-hybridized carbons (Fsp3) is 0.923. The molecular formula is C13H24N2O. The summed E-state index contributed by atoms with van der Waals surface area (Å²) in [6.45, 7) is 0.844. The van der Waals surface area contributed by atoms with Crippen LogP contribution < -0.4 is 11.1 Å². The summed E-state index contributed by atoms with van der Waals surface area (Å²) in [5.41, 5.74) is 5.70. The Hall–Kier alpha value is -0.570. The summed E-state index contributed by atoms with van der Waals surface area (Å²) in [5, 5.41) is 3.03. The van der Waals surface area contributed by atoms with E-state index in [1.807, 2.05) is 0 Å². The molecule has 0 unspecified atom stereocenters. The molecule has 2 aliphatic carbocycles. The second-order valence-electron chi connectivity index (χ2n) is 5.59. The smallest absolute Gasteiger partial charge is 0.220 e. The van der Waals surface area contributed by atoms with Crippen molar-refractivity contribution in [3.8, 4) is 0 Å². The molecule has 2 saturated carbocycles. The van der Waals surface area contributed by atoms with E-state index in [2.05, 4.69) is 5.32 Å². The number of carbonyl (C=O) groups is 1. The first-order valence-corrected chi connectivity index (χ1v) is 6.76. The minimum absolute atomic E-state index is 0.243. The van der Waals surface area contributed by atoms with Crippen LogP contribution >= 0.6 is 0 Å². The highest BCUT2D eigenvalue weighted by Crippen LogP contribution is 2.28. The fourth-order valence-electron chi connectivity index (χ4n) is 2.93. The number of nitrogens with one attached hydrogen (secondary N) is 1. The molecule has 92 valence electrons. The summed E-state index contributed by atoms with van der Waals surface area (Å²) < 4.78 is 0. The average Bonchev–Trinajstić information content (AvgIpc) is 2.72. The second-order valence-corrected chi connectivity index (χ2v) is 5.59. The second kappa shape index (κ2) is 5.67. The van der Waals surface area contributed by atoms with E-state index in [1.54, 1.807) is 0 Å². The SMILES string of the molecule is NC1CC(CNC(=O)CCC2CCCC2)C1. The molecule has 1 amide bonds. The Kier molecular flexibility index (Phi) is 4.22. The maximum absolute atomic E-state index is 11.6. The van der Waals surface area contributed by atoms with Gasteiger partial charge in [0, 0.05) is 19.0 Å². The number of hydrogen-bond acceptors (Lipinski definition) is 2. The van der Waals surface area contributed by atoms with Gasteiger partial charge in [0.05, 0.1) is 0 Å². The lowest BCUT2D eigenvalue weighted by molar-refractivity contribution is -0.121. The van der Waals surface area contributed by atoms with Crippen LogP contribution in [0.2, 0.25) is 0 Å². The van der Waals surface area contributed by atoms with Gasteiger partial charge in [0.15, 0.2) is 0 Å². The first-order chi connectivity index (χ1) is 7.74. The van der Waals surface area contributed by atoms with Crippen LogP contribution in [0.1, 0.15) is 51.4 Å². The number of amides is 1. The number of rotatable bonds is 5. The molecule has 3 heteroatoms. The number of carbonyl (C=O) groups excluding carboxylic acids is 1. The Morgan fingerprint density at radius 2 is 1.88 bits per heavy atom. The van der Waals surface area contributed by atoms with E-state index in [0.29, 0.717) is 12.0 Å². The van der Waals surface area contributed by atoms with Gasteiger partial charge in [-0.15, -0.1) is 0 Å². The number of nitrogens with two attached hydrogens (primary N) is 1. The lowest BCUT2D eigenvalue weighted by Crippen LogP contribution is -2.42. The van der Waals surface area contributed by atoms with Gasteiger partial charge in [0.25, 0.3) is 0 Å². The van der Waals surface area contributed by atoms with E-state index in [9.17, 15) is 4.79 Å². The van der Waals surface area contributed by atoms with Gasteiger partial charge in [0.1, 0.15) is 0 Å². The lowest BCUT2D eigenvalue weighted by atomic mass is 9.81. The molecule has 0 heterocycles. The maximum atomic E-state index is 11.6. The molecule has 0 saturated heterocycles. The molecule has 0 aliphatic heterocycles. The first-order valence-electron chi connectivity index (χ1n) is 6.76. The van der Waals surface area contributed by atoms with Crippen molar-refractivity contribution in [2.75, 3.05) is 6.54 Å². The Balaban J connectivity index is 1.50. The maximum Gasteiger partial charge on any atom is 0.220 e. The van der Waals surface area contributed by atoms with Crippen molar-refractivity contribution >= 4 is 5.91 Å². The highest BCUT2D eigenvalue weighted by molar-refractivity contribution is 5.75. The van der Waals surface area contributed by atoms with Crippen LogP contribution in [-0.4, -0.2) is 18.5 Å². The van der Waals surface area contributed by atoms with Crippen LogP contribution in [0.25, 0.3) is 0 Å². The van der Waals surface area contributed by atoms with E-state index < -0.39 is 0 Å². The van der Waals surface area contributed by atoms with Gasteiger partial charge >= 0.3 is 0 Å². The summed E-state index contributed by atoms with van der Waals surface area (Å²) in [6.07, 6.45) is 9.40. The number of hydrogen-bond donors (Lipinski definition) is 2. The van der Waals surface area contributed by atoms with Crippen LogP contribution in [0.3, 0.4) is 0 Å². The molecular weight excluding hydrogens is 200 g/mol. The molecule has 2 aliphatic rings. The van der Waals surface area contributed by atoms with E-state index in [0.717, 1.165) is 38.1 Å². The molecule has 0 atom stereocenters. The van der Waals surface area contributed by atoms with Crippen molar-refractivity contribution in [1.29, 1.82) is 0 Å². The van der Waals surface area contributed by atoms with Crippen molar-refractivity contribution in [2.24, 2.45) is 17.6 Å². The Morgan fingerprint density at radius 3 is 2.50 bits per heavy atom. The molecule has 0 aromatic rings. The van der Waals surface area contributed by atoms with Gasteiger partial charge < -0.3 is 11.1 Å². The van der Waals surface area contributed by atoms with E-state index >= 15 is 0 Å². The standard InChI is InChI=1S/C13H24N2O/c14-12-7-11(8-12)9-15-13(16)6-5-10-3-1-2-4-10/h10-12H,1-9,14H2,(H,15,16). The molecule has 0 aromatic carbocycles. The van der Waals surface area contributed by atoms with Gasteiger partial charge in [-0.25, -0.2) is 0 Å². The van der Waals surface area contributed by atoms with Gasteiger partial charge in [0.2, 0.25) is 5.91 Å². The van der Waals surface area contributed by atoms with Gasteiger partial charge in [-0.3, -0.25) is 4.79 Å². The van der Waals surface area contributed by atoms with Gasteiger partial charge in [-0.2, -0.15) is 0 Å². The van der Waals surface area contributed by atoms with E-state index in [4.69, 9.17) is 5.73 Å². The normalized spacial score (nSPS) is 30.1. The summed E-state index contributed by atoms with van der Waals surface area (Å²) in [4.78, 5) is 11.6. The molecule has 0 bridgehead atoms. The third kappa shape index (κ3) is 3.48. The van der Waals surface area contributed by atoms with Gasteiger partial charge in [-0.05, 0) is 31.1 Å². The monoisotopic (exact) mass is 224 g/mol. The largest absolute Gasteiger partial charge is 0.356 e. The quantitative estimate of drug-likeness (QED) is 0.748. The van der Waals surface area contributed by atoms with Crippen molar-refractivity contribution in [2.45, 2.75) is 57.4 Å². The summed E-state index contributed by atoms with van der Waals surface area (Å²) in [5.74, 6) is 1.71. The van der Waals surface area contributed by atoms with E-state index in [1.165, 1.54) is 25.7 Å². The summed E-state index contributed by atoms with van der Waals surface area (Å²) in [7, 11) is 0. The zero-order valence-electron chi connectivity index (χ0n) is 10.1. The third-order valence-electron chi connectivity index (χ3n) is 4.11. The zero-order valence-corrected chi connectivity index (χ0v) is 10.1. The predicted molar refractivity (Wildman–Crippen MR) is 64.9 cm³/mol. The Bertz CT molecular complexity index is 230. The van der Waals surface area contributed by atoms with E-state index in [-0.39, 0.29) is 5.91 Å². The van der Waals surface area contributed by atoms with Crippen LogP contribution in [-0.2, 0) is 4.79 Å². The topological polar surface area (TPSA) is 55.1 Å². The van der Waals surface area contributed by atoms with Crippen molar-refractivity contribution < 1.29 is 4.79 Å². The van der Waals surface area contributed by atoms with Crippen LogP contribution in [0, 0.1) is 11.8 Å².